The van der Waals surface area contributed by atoms with Gasteiger partial charge in [0, 0.05) is 38.9 Å². The van der Waals surface area contributed by atoms with Crippen molar-refractivity contribution >= 4 is 5.69 Å². The molecule has 0 amide bonds. The molecule has 0 aromatic heterocycles. The van der Waals surface area contributed by atoms with Crippen molar-refractivity contribution in [3.05, 3.63) is 60.6 Å². The number of para-hydroxylation sites is 1. The Hall–Kier alpha value is -1.54. The minimum atomic E-state index is -0.449. The molecule has 89 valence electrons. The fourth-order valence-corrected chi connectivity index (χ4v) is 2.14. The van der Waals surface area contributed by atoms with E-state index >= 15 is 0 Å². The van der Waals surface area contributed by atoms with Gasteiger partial charge in [-0.25, -0.2) is 0 Å². The van der Waals surface area contributed by atoms with E-state index < -0.39 is 5.60 Å². The van der Waals surface area contributed by atoms with Crippen LogP contribution in [-0.4, -0.2) is 21.2 Å². The third-order valence-electron chi connectivity index (χ3n) is 3.05. The molecule has 1 aliphatic rings. The zero-order valence-electron chi connectivity index (χ0n) is 10.6. The highest BCUT2D eigenvalue weighted by molar-refractivity contribution is 5.58. The average Bonchev–Trinajstić information content (AvgIpc) is 2.39. The van der Waals surface area contributed by atoms with Crippen LogP contribution in [0.2, 0.25) is 0 Å². The predicted molar refractivity (Wildman–Crippen MR) is 72.0 cm³/mol. The van der Waals surface area contributed by atoms with Crippen molar-refractivity contribution in [2.75, 3.05) is 26.1 Å². The summed E-state index contributed by atoms with van der Waals surface area (Å²) in [5.74, 6) is 0. The molecule has 0 unspecified atom stereocenters. The average molecular weight is 228 g/mol. The third kappa shape index (κ3) is 2.13. The number of anilines is 1. The van der Waals surface area contributed by atoms with Gasteiger partial charge >= 0.3 is 0 Å². The van der Waals surface area contributed by atoms with Gasteiger partial charge in [0.15, 0.2) is 0 Å². The van der Waals surface area contributed by atoms with Gasteiger partial charge in [0.05, 0.1) is 0 Å². The van der Waals surface area contributed by atoms with Crippen LogP contribution in [0.5, 0.6) is 0 Å². The van der Waals surface area contributed by atoms with E-state index in [1.165, 1.54) is 5.69 Å². The summed E-state index contributed by atoms with van der Waals surface area (Å²) in [7, 11) is 5.83. The van der Waals surface area contributed by atoms with Crippen LogP contribution in [0.4, 0.5) is 5.69 Å². The highest BCUT2D eigenvalue weighted by Gasteiger charge is 2.30. The largest absolute Gasteiger partial charge is 0.377 e. The minimum Gasteiger partial charge on any atom is -0.377 e. The van der Waals surface area contributed by atoms with Crippen molar-refractivity contribution in [1.82, 2.24) is 0 Å². The second kappa shape index (κ2) is 4.76. The molecular weight excluding hydrogens is 210 g/mol. The zero-order valence-corrected chi connectivity index (χ0v) is 10.6. The van der Waals surface area contributed by atoms with Crippen molar-refractivity contribution in [3.63, 3.8) is 0 Å². The molecule has 0 spiro atoms. The predicted octanol–water partition coefficient (Wildman–Crippen LogP) is 2.92. The molecule has 1 aromatic rings. The molecule has 0 N–H and O–H groups in total. The SMILES string of the molecule is COC1(c2ccccc2N(C)C)C=C[CH]C=C1. The number of ether oxygens (including phenoxy) is 1. The van der Waals surface area contributed by atoms with E-state index in [4.69, 9.17) is 4.74 Å². The molecule has 2 rings (SSSR count). The molecule has 0 saturated heterocycles. The van der Waals surface area contributed by atoms with E-state index in [9.17, 15) is 0 Å². The monoisotopic (exact) mass is 228 g/mol. The molecule has 0 bridgehead atoms. The lowest BCUT2D eigenvalue weighted by Gasteiger charge is -2.32. The van der Waals surface area contributed by atoms with Crippen LogP contribution in [0.25, 0.3) is 0 Å². The van der Waals surface area contributed by atoms with Crippen molar-refractivity contribution in [3.8, 4) is 0 Å². The van der Waals surface area contributed by atoms with Crippen molar-refractivity contribution in [1.29, 1.82) is 0 Å². The molecular formula is C15H18NO. The molecule has 0 aliphatic heterocycles. The lowest BCUT2D eigenvalue weighted by molar-refractivity contribution is 0.0721. The fourth-order valence-electron chi connectivity index (χ4n) is 2.14. The minimum absolute atomic E-state index is 0.449. The maximum atomic E-state index is 5.74. The Morgan fingerprint density at radius 3 is 2.29 bits per heavy atom. The first-order valence-electron chi connectivity index (χ1n) is 5.72. The zero-order chi connectivity index (χ0) is 12.3. The van der Waals surface area contributed by atoms with Crippen molar-refractivity contribution in [2.24, 2.45) is 0 Å². The Morgan fingerprint density at radius 2 is 1.71 bits per heavy atom. The third-order valence-corrected chi connectivity index (χ3v) is 3.05. The van der Waals surface area contributed by atoms with E-state index in [-0.39, 0.29) is 0 Å². The van der Waals surface area contributed by atoms with E-state index in [1.54, 1.807) is 7.11 Å². The number of allylic oxidation sites excluding steroid dienone is 2. The van der Waals surface area contributed by atoms with Crippen molar-refractivity contribution < 1.29 is 4.74 Å². The maximum absolute atomic E-state index is 5.74. The summed E-state index contributed by atoms with van der Waals surface area (Å²) in [5.41, 5.74) is 1.88. The molecule has 0 atom stereocenters. The summed E-state index contributed by atoms with van der Waals surface area (Å²) < 4.78 is 5.74. The van der Waals surface area contributed by atoms with Gasteiger partial charge in [0.1, 0.15) is 5.60 Å². The fraction of sp³-hybridized carbons (Fsp3) is 0.267. The molecule has 1 aromatic carbocycles. The number of hydrogen-bond acceptors (Lipinski definition) is 2. The molecule has 1 radical (unpaired) electrons. The molecule has 17 heavy (non-hydrogen) atoms. The Bertz CT molecular complexity index is 434. The van der Waals surface area contributed by atoms with Gasteiger partial charge < -0.3 is 9.64 Å². The molecule has 0 heterocycles. The summed E-state index contributed by atoms with van der Waals surface area (Å²) >= 11 is 0. The number of nitrogens with zero attached hydrogens (tertiary/aromatic N) is 1. The summed E-state index contributed by atoms with van der Waals surface area (Å²) in [5, 5.41) is 0. The highest BCUT2D eigenvalue weighted by atomic mass is 16.5. The number of benzene rings is 1. The molecule has 1 aliphatic carbocycles. The molecule has 0 fully saturated rings. The first-order valence-corrected chi connectivity index (χ1v) is 5.72. The topological polar surface area (TPSA) is 12.5 Å². The van der Waals surface area contributed by atoms with Crippen molar-refractivity contribution in [2.45, 2.75) is 5.60 Å². The van der Waals surface area contributed by atoms with Gasteiger partial charge in [-0.1, -0.05) is 30.4 Å². The smallest absolute Gasteiger partial charge is 0.131 e. The highest BCUT2D eigenvalue weighted by Crippen LogP contribution is 2.36. The van der Waals surface area contributed by atoms with Crippen LogP contribution >= 0.6 is 0 Å². The van der Waals surface area contributed by atoms with Gasteiger partial charge in [0.2, 0.25) is 0 Å². The molecule has 2 nitrogen and oxygen atoms in total. The lowest BCUT2D eigenvalue weighted by Crippen LogP contribution is -2.27. The number of methoxy groups -OCH3 is 1. The summed E-state index contributed by atoms with van der Waals surface area (Å²) in [6.45, 7) is 0. The first kappa shape index (κ1) is 11.9. The van der Waals surface area contributed by atoms with Crippen LogP contribution in [0.15, 0.2) is 48.6 Å². The van der Waals surface area contributed by atoms with Crippen LogP contribution in [0, 0.1) is 6.42 Å². The maximum Gasteiger partial charge on any atom is 0.131 e. The van der Waals surface area contributed by atoms with Gasteiger partial charge in [-0.05, 0) is 18.2 Å². The second-order valence-corrected chi connectivity index (χ2v) is 4.32. The van der Waals surface area contributed by atoms with E-state index in [2.05, 4.69) is 29.2 Å². The van der Waals surface area contributed by atoms with Gasteiger partial charge in [-0.2, -0.15) is 0 Å². The van der Waals surface area contributed by atoms with E-state index in [1.807, 2.05) is 44.8 Å². The summed E-state index contributed by atoms with van der Waals surface area (Å²) in [6.07, 6.45) is 10.2. The van der Waals surface area contributed by atoms with Gasteiger partial charge in [0.25, 0.3) is 0 Å². The first-order chi connectivity index (χ1) is 8.19. The van der Waals surface area contributed by atoms with Gasteiger partial charge in [-0.3, -0.25) is 0 Å². The standard InChI is InChI=1S/C15H18NO/c1-16(2)14-10-6-5-9-13(14)15(17-3)11-7-4-8-12-15/h4-12H,1-3H3. The van der Waals surface area contributed by atoms with Crippen LogP contribution in [-0.2, 0) is 10.3 Å². The number of hydrogen-bond donors (Lipinski definition) is 0. The van der Waals surface area contributed by atoms with E-state index in [0.717, 1.165) is 5.56 Å². The summed E-state index contributed by atoms with van der Waals surface area (Å²) in [4.78, 5) is 2.11. The van der Waals surface area contributed by atoms with E-state index in [0.29, 0.717) is 0 Å². The van der Waals surface area contributed by atoms with Crippen LogP contribution < -0.4 is 4.90 Å². The molecule has 2 heteroatoms. The Morgan fingerprint density at radius 1 is 1.06 bits per heavy atom. The van der Waals surface area contributed by atoms with Crippen LogP contribution in [0.1, 0.15) is 5.56 Å². The van der Waals surface area contributed by atoms with Crippen LogP contribution in [0.3, 0.4) is 0 Å². The lowest BCUT2D eigenvalue weighted by atomic mass is 9.88. The summed E-state index contributed by atoms with van der Waals surface area (Å²) in [6, 6.07) is 8.31. The quantitative estimate of drug-likeness (QED) is 0.788. The Labute approximate surface area is 103 Å². The Balaban J connectivity index is 2.54. The number of rotatable bonds is 3. The van der Waals surface area contributed by atoms with Gasteiger partial charge in [-0.15, -0.1) is 0 Å². The Kier molecular flexibility index (Phi) is 3.34. The normalized spacial score (nSPS) is 17.1. The molecule has 0 saturated carbocycles. The second-order valence-electron chi connectivity index (χ2n) is 4.32.